The molecule has 0 amide bonds. The maximum atomic E-state index is 11.4. The van der Waals surface area contributed by atoms with E-state index in [4.69, 9.17) is 4.74 Å². The zero-order chi connectivity index (χ0) is 13.3. The highest BCUT2D eigenvalue weighted by Gasteiger charge is 2.36. The second kappa shape index (κ2) is 4.63. The fourth-order valence-electron chi connectivity index (χ4n) is 2.53. The van der Waals surface area contributed by atoms with Crippen LogP contribution >= 0.6 is 0 Å². The van der Waals surface area contributed by atoms with Gasteiger partial charge in [-0.25, -0.2) is 0 Å². The highest BCUT2D eigenvalue weighted by molar-refractivity contribution is 5.71. The fourth-order valence-corrected chi connectivity index (χ4v) is 2.53. The second-order valence-corrected chi connectivity index (χ2v) is 6.04. The molecular formula is C15H20O3. The molecule has 1 heterocycles. The Labute approximate surface area is 108 Å². The quantitative estimate of drug-likeness (QED) is 0.892. The molecule has 0 saturated carbocycles. The van der Waals surface area contributed by atoms with E-state index in [0.717, 1.165) is 11.3 Å². The molecule has 0 radical (unpaired) electrons. The Morgan fingerprint density at radius 3 is 2.72 bits per heavy atom. The van der Waals surface area contributed by atoms with Crippen molar-refractivity contribution >= 4 is 5.97 Å². The molecule has 0 spiro atoms. The van der Waals surface area contributed by atoms with Gasteiger partial charge in [0.05, 0.1) is 12.5 Å². The summed E-state index contributed by atoms with van der Waals surface area (Å²) in [6.07, 6.45) is 0.635. The van der Waals surface area contributed by atoms with Gasteiger partial charge in [-0.1, -0.05) is 39.0 Å². The van der Waals surface area contributed by atoms with Crippen LogP contribution in [0, 0.1) is 11.3 Å². The summed E-state index contributed by atoms with van der Waals surface area (Å²) in [6.45, 7) is 6.54. The summed E-state index contributed by atoms with van der Waals surface area (Å²) < 4.78 is 5.61. The Morgan fingerprint density at radius 1 is 1.44 bits per heavy atom. The molecule has 3 heteroatoms. The third-order valence-electron chi connectivity index (χ3n) is 3.66. The van der Waals surface area contributed by atoms with E-state index in [1.165, 1.54) is 0 Å². The minimum Gasteiger partial charge on any atom is -0.493 e. The highest BCUT2D eigenvalue weighted by atomic mass is 16.5. The lowest BCUT2D eigenvalue weighted by Crippen LogP contribution is -2.30. The Hall–Kier alpha value is -1.51. The summed E-state index contributed by atoms with van der Waals surface area (Å²) in [6, 6.07) is 7.91. The predicted octanol–water partition coefficient (Wildman–Crippen LogP) is 3.30. The van der Waals surface area contributed by atoms with Gasteiger partial charge in [-0.3, -0.25) is 4.79 Å². The first-order valence-corrected chi connectivity index (χ1v) is 6.34. The van der Waals surface area contributed by atoms with Gasteiger partial charge in [-0.15, -0.1) is 0 Å². The highest BCUT2D eigenvalue weighted by Crippen LogP contribution is 2.41. The van der Waals surface area contributed by atoms with Crippen molar-refractivity contribution in [3.8, 4) is 5.75 Å². The Bertz CT molecular complexity index is 445. The number of benzene rings is 1. The van der Waals surface area contributed by atoms with Crippen LogP contribution in [0.5, 0.6) is 5.75 Å². The SMILES string of the molecule is CC(C)(C)C(CC1COc2ccccc21)C(=O)O. The maximum Gasteiger partial charge on any atom is 0.307 e. The lowest BCUT2D eigenvalue weighted by molar-refractivity contribution is -0.146. The predicted molar refractivity (Wildman–Crippen MR) is 69.9 cm³/mol. The number of carboxylic acid groups (broad SMARTS) is 1. The van der Waals surface area contributed by atoms with Gasteiger partial charge < -0.3 is 9.84 Å². The minimum atomic E-state index is -0.716. The molecule has 98 valence electrons. The van der Waals surface area contributed by atoms with Crippen LogP contribution in [0.2, 0.25) is 0 Å². The van der Waals surface area contributed by atoms with E-state index in [0.29, 0.717) is 13.0 Å². The van der Waals surface area contributed by atoms with E-state index >= 15 is 0 Å². The Kier molecular flexibility index (Phi) is 3.33. The van der Waals surface area contributed by atoms with E-state index in [2.05, 4.69) is 0 Å². The molecule has 1 N–H and O–H groups in total. The minimum absolute atomic E-state index is 0.196. The number of fused-ring (bicyclic) bond motifs is 1. The Balaban J connectivity index is 2.18. The summed E-state index contributed by atoms with van der Waals surface area (Å²) in [5.41, 5.74) is 0.914. The van der Waals surface area contributed by atoms with Gasteiger partial charge in [-0.2, -0.15) is 0 Å². The van der Waals surface area contributed by atoms with Crippen LogP contribution in [0.4, 0.5) is 0 Å². The van der Waals surface area contributed by atoms with E-state index in [9.17, 15) is 9.90 Å². The van der Waals surface area contributed by atoms with Gasteiger partial charge in [0, 0.05) is 11.5 Å². The molecule has 0 saturated heterocycles. The molecule has 1 aliphatic rings. The first-order chi connectivity index (χ1) is 8.39. The summed E-state index contributed by atoms with van der Waals surface area (Å²) in [5, 5.41) is 9.38. The van der Waals surface area contributed by atoms with Crippen LogP contribution in [0.3, 0.4) is 0 Å². The topological polar surface area (TPSA) is 46.5 Å². The van der Waals surface area contributed by atoms with Gasteiger partial charge in [0.15, 0.2) is 0 Å². The lowest BCUT2D eigenvalue weighted by atomic mass is 9.75. The van der Waals surface area contributed by atoms with Gasteiger partial charge in [-0.05, 0) is 17.9 Å². The molecule has 3 nitrogen and oxygen atoms in total. The summed E-state index contributed by atoms with van der Waals surface area (Å²) in [7, 11) is 0. The van der Waals surface area contributed by atoms with Crippen LogP contribution in [-0.2, 0) is 4.79 Å². The molecule has 2 atom stereocenters. The van der Waals surface area contributed by atoms with E-state index in [1.807, 2.05) is 45.0 Å². The molecule has 18 heavy (non-hydrogen) atoms. The normalized spacial score (nSPS) is 20.1. The number of rotatable bonds is 3. The number of hydrogen-bond acceptors (Lipinski definition) is 2. The van der Waals surface area contributed by atoms with Gasteiger partial charge >= 0.3 is 5.97 Å². The van der Waals surface area contributed by atoms with Crippen LogP contribution in [-0.4, -0.2) is 17.7 Å². The van der Waals surface area contributed by atoms with Crippen molar-refractivity contribution in [1.29, 1.82) is 0 Å². The van der Waals surface area contributed by atoms with Crippen molar-refractivity contribution in [2.75, 3.05) is 6.61 Å². The summed E-state index contributed by atoms with van der Waals surface area (Å²) in [4.78, 5) is 11.4. The van der Waals surface area contributed by atoms with Gasteiger partial charge in [0.25, 0.3) is 0 Å². The molecule has 2 rings (SSSR count). The maximum absolute atomic E-state index is 11.4. The van der Waals surface area contributed by atoms with Crippen LogP contribution < -0.4 is 4.74 Å². The summed E-state index contributed by atoms with van der Waals surface area (Å²) >= 11 is 0. The molecule has 0 bridgehead atoms. The van der Waals surface area contributed by atoms with Crippen molar-refractivity contribution in [3.05, 3.63) is 29.8 Å². The third kappa shape index (κ3) is 2.50. The number of carboxylic acids is 1. The average molecular weight is 248 g/mol. The number of hydrogen-bond donors (Lipinski definition) is 1. The second-order valence-electron chi connectivity index (χ2n) is 6.04. The van der Waals surface area contributed by atoms with E-state index < -0.39 is 5.97 Å². The standard InChI is InChI=1S/C15H20O3/c1-15(2,3)12(14(16)17)8-10-9-18-13-7-5-4-6-11(10)13/h4-7,10,12H,8-9H2,1-3H3,(H,16,17). The molecule has 0 aromatic heterocycles. The van der Waals surface area contributed by atoms with Crippen LogP contribution in [0.1, 0.15) is 38.7 Å². The largest absolute Gasteiger partial charge is 0.493 e. The third-order valence-corrected chi connectivity index (χ3v) is 3.66. The zero-order valence-corrected chi connectivity index (χ0v) is 11.1. The summed E-state index contributed by atoms with van der Waals surface area (Å²) in [5.74, 6) is 0.0335. The molecule has 1 aromatic rings. The molecule has 1 aromatic carbocycles. The lowest BCUT2D eigenvalue weighted by Gasteiger charge is -2.28. The van der Waals surface area contributed by atoms with E-state index in [1.54, 1.807) is 0 Å². The average Bonchev–Trinajstić information content (AvgIpc) is 2.67. The van der Waals surface area contributed by atoms with Crippen LogP contribution in [0.25, 0.3) is 0 Å². The first-order valence-electron chi connectivity index (χ1n) is 6.34. The van der Waals surface area contributed by atoms with Gasteiger partial charge in [0.1, 0.15) is 5.75 Å². The molecule has 0 aliphatic carbocycles. The van der Waals surface area contributed by atoms with Crippen molar-refractivity contribution in [3.63, 3.8) is 0 Å². The molecule has 1 aliphatic heterocycles. The number of carbonyl (C=O) groups is 1. The van der Waals surface area contributed by atoms with E-state index in [-0.39, 0.29) is 17.3 Å². The van der Waals surface area contributed by atoms with Crippen molar-refractivity contribution in [2.24, 2.45) is 11.3 Å². The smallest absolute Gasteiger partial charge is 0.307 e. The van der Waals surface area contributed by atoms with Gasteiger partial charge in [0.2, 0.25) is 0 Å². The fraction of sp³-hybridized carbons (Fsp3) is 0.533. The van der Waals surface area contributed by atoms with Crippen molar-refractivity contribution in [1.82, 2.24) is 0 Å². The molecule has 2 unspecified atom stereocenters. The molecular weight excluding hydrogens is 228 g/mol. The van der Waals surface area contributed by atoms with Crippen molar-refractivity contribution < 1.29 is 14.6 Å². The number of aliphatic carboxylic acids is 1. The van der Waals surface area contributed by atoms with Crippen molar-refractivity contribution in [2.45, 2.75) is 33.1 Å². The van der Waals surface area contributed by atoms with Crippen LogP contribution in [0.15, 0.2) is 24.3 Å². The first kappa shape index (κ1) is 12.9. The Morgan fingerprint density at radius 2 is 2.11 bits per heavy atom. The zero-order valence-electron chi connectivity index (χ0n) is 11.1. The molecule has 0 fully saturated rings. The number of ether oxygens (including phenoxy) is 1. The monoisotopic (exact) mass is 248 g/mol. The number of para-hydroxylation sites is 1.